The van der Waals surface area contributed by atoms with Crippen LogP contribution >= 0.6 is 11.6 Å². The van der Waals surface area contributed by atoms with Gasteiger partial charge in [0.25, 0.3) is 0 Å². The summed E-state index contributed by atoms with van der Waals surface area (Å²) in [5.74, 6) is -0.160. The van der Waals surface area contributed by atoms with Crippen LogP contribution < -0.4 is 5.32 Å². The third-order valence-electron chi connectivity index (χ3n) is 3.21. The van der Waals surface area contributed by atoms with E-state index in [-0.39, 0.29) is 35.3 Å². The first-order chi connectivity index (χ1) is 11.7. The largest absolute Gasteiger partial charge is 0.417 e. The van der Waals surface area contributed by atoms with Crippen molar-refractivity contribution >= 4 is 28.9 Å². The van der Waals surface area contributed by atoms with Crippen LogP contribution in [0.2, 0.25) is 5.02 Å². The number of alkyl halides is 3. The number of nitrogens with one attached hydrogen (secondary N) is 1. The molecule has 6 nitrogen and oxygen atoms in total. The van der Waals surface area contributed by atoms with Crippen molar-refractivity contribution in [2.75, 3.05) is 26.0 Å². The van der Waals surface area contributed by atoms with Crippen LogP contribution in [0.5, 0.6) is 0 Å². The van der Waals surface area contributed by atoms with Gasteiger partial charge >= 0.3 is 6.18 Å². The summed E-state index contributed by atoms with van der Waals surface area (Å²) in [5, 5.41) is 6.37. The molecule has 0 radical (unpaired) electrons. The van der Waals surface area contributed by atoms with Crippen LogP contribution in [-0.4, -0.2) is 48.1 Å². The van der Waals surface area contributed by atoms with Crippen LogP contribution in [0.25, 0.3) is 0 Å². The smallest absolute Gasteiger partial charge is 0.390 e. The normalized spacial score (nSPS) is 17.4. The van der Waals surface area contributed by atoms with Gasteiger partial charge in [-0.25, -0.2) is 4.98 Å². The van der Waals surface area contributed by atoms with E-state index < -0.39 is 17.8 Å². The first kappa shape index (κ1) is 19.0. The molecule has 1 N–H and O–H groups in total. The Morgan fingerprint density at radius 2 is 2.24 bits per heavy atom. The standard InChI is InChI=1S/C15H16ClF3N4O2/c1-23(2)4-3-13(24)12-6-10(25-22-12)8-21-14-11(16)5-9(7-20-14)15(17,18)19/h3-5,7,10H,6,8H2,1-2H3,(H,20,21)/b4-3+. The number of nitrogens with zero attached hydrogens (tertiary/aromatic N) is 3. The molecule has 0 aliphatic carbocycles. The minimum Gasteiger partial charge on any atom is -0.390 e. The lowest BCUT2D eigenvalue weighted by atomic mass is 10.1. The summed E-state index contributed by atoms with van der Waals surface area (Å²) < 4.78 is 37.7. The highest BCUT2D eigenvalue weighted by molar-refractivity contribution is 6.44. The first-order valence-corrected chi connectivity index (χ1v) is 7.63. The molecule has 1 aromatic rings. The van der Waals surface area contributed by atoms with Gasteiger partial charge in [-0.05, 0) is 6.07 Å². The lowest BCUT2D eigenvalue weighted by Gasteiger charge is -2.13. The van der Waals surface area contributed by atoms with E-state index in [0.717, 1.165) is 6.07 Å². The van der Waals surface area contributed by atoms with Crippen molar-refractivity contribution in [2.24, 2.45) is 5.16 Å². The van der Waals surface area contributed by atoms with E-state index in [2.05, 4.69) is 15.5 Å². The summed E-state index contributed by atoms with van der Waals surface area (Å²) in [7, 11) is 3.56. The number of anilines is 1. The van der Waals surface area contributed by atoms with Gasteiger partial charge in [0.1, 0.15) is 11.5 Å². The molecular formula is C15H16ClF3N4O2. The summed E-state index contributed by atoms with van der Waals surface area (Å²) in [6.07, 6.45) is -0.989. The lowest BCUT2D eigenvalue weighted by Crippen LogP contribution is -2.22. The van der Waals surface area contributed by atoms with Crippen LogP contribution in [0.3, 0.4) is 0 Å². The highest BCUT2D eigenvalue weighted by Crippen LogP contribution is 2.32. The topological polar surface area (TPSA) is 66.8 Å². The molecule has 1 unspecified atom stereocenters. The minimum atomic E-state index is -4.51. The van der Waals surface area contributed by atoms with Crippen molar-refractivity contribution in [1.29, 1.82) is 0 Å². The molecular weight excluding hydrogens is 361 g/mol. The van der Waals surface area contributed by atoms with E-state index in [0.29, 0.717) is 6.20 Å². The second-order valence-electron chi connectivity index (χ2n) is 5.55. The SMILES string of the molecule is CN(C)/C=C/C(=O)C1=NOC(CNc2ncc(C(F)(F)F)cc2Cl)C1. The number of oxime groups is 1. The Balaban J connectivity index is 1.89. The van der Waals surface area contributed by atoms with Gasteiger partial charge in [-0.2, -0.15) is 13.2 Å². The van der Waals surface area contributed by atoms with Crippen LogP contribution in [0, 0.1) is 0 Å². The molecule has 2 rings (SSSR count). The molecule has 0 spiro atoms. The molecule has 0 bridgehead atoms. The van der Waals surface area contributed by atoms with Gasteiger partial charge in [-0.3, -0.25) is 4.79 Å². The van der Waals surface area contributed by atoms with Crippen molar-refractivity contribution < 1.29 is 22.8 Å². The fourth-order valence-electron chi connectivity index (χ4n) is 1.93. The molecule has 1 aliphatic rings. The number of hydrogen-bond acceptors (Lipinski definition) is 6. The summed E-state index contributed by atoms with van der Waals surface area (Å²) in [6.45, 7) is 0.190. The Morgan fingerprint density at radius 1 is 1.52 bits per heavy atom. The van der Waals surface area contributed by atoms with Crippen LogP contribution in [0.4, 0.5) is 19.0 Å². The zero-order valence-corrected chi connectivity index (χ0v) is 14.2. The van der Waals surface area contributed by atoms with Crippen molar-refractivity contribution in [3.8, 4) is 0 Å². The number of carbonyl (C=O) groups excluding carboxylic acids is 1. The number of rotatable bonds is 6. The lowest BCUT2D eigenvalue weighted by molar-refractivity contribution is -0.137. The Kier molecular flexibility index (Phi) is 5.89. The Labute approximate surface area is 147 Å². The van der Waals surface area contributed by atoms with E-state index in [4.69, 9.17) is 16.4 Å². The van der Waals surface area contributed by atoms with Crippen LogP contribution in [-0.2, 0) is 15.8 Å². The number of pyridine rings is 1. The molecule has 10 heteroatoms. The van der Waals surface area contributed by atoms with Crippen LogP contribution in [0.1, 0.15) is 12.0 Å². The molecule has 1 atom stereocenters. The van der Waals surface area contributed by atoms with Gasteiger partial charge in [0, 0.05) is 39.0 Å². The molecule has 0 saturated carbocycles. The Hall–Kier alpha value is -2.29. The van der Waals surface area contributed by atoms with E-state index in [1.165, 1.54) is 6.08 Å². The molecule has 1 aromatic heterocycles. The zero-order chi connectivity index (χ0) is 18.6. The van der Waals surface area contributed by atoms with Crippen molar-refractivity contribution in [2.45, 2.75) is 18.7 Å². The fraction of sp³-hybridized carbons (Fsp3) is 0.400. The number of aromatic nitrogens is 1. The molecule has 1 aliphatic heterocycles. The number of ketones is 1. The summed E-state index contributed by atoms with van der Waals surface area (Å²) in [5.41, 5.74) is -0.652. The predicted octanol–water partition coefficient (Wildman–Crippen LogP) is 2.96. The third kappa shape index (κ3) is 5.35. The number of halogens is 4. The molecule has 0 aromatic carbocycles. The summed E-state index contributed by atoms with van der Waals surface area (Å²) >= 11 is 5.81. The van der Waals surface area contributed by atoms with Gasteiger partial charge in [-0.1, -0.05) is 16.8 Å². The molecule has 136 valence electrons. The molecule has 0 fully saturated rings. The van der Waals surface area contributed by atoms with Crippen molar-refractivity contribution in [3.05, 3.63) is 35.1 Å². The number of hydrogen-bond donors (Lipinski definition) is 1. The van der Waals surface area contributed by atoms with Gasteiger partial charge in [0.05, 0.1) is 17.1 Å². The summed E-state index contributed by atoms with van der Waals surface area (Å²) in [6, 6.07) is 0.796. The van der Waals surface area contributed by atoms with Gasteiger partial charge < -0.3 is 15.1 Å². The molecule has 0 amide bonds. The molecule has 25 heavy (non-hydrogen) atoms. The molecule has 0 saturated heterocycles. The second kappa shape index (κ2) is 7.73. The molecule has 2 heterocycles. The van der Waals surface area contributed by atoms with Crippen LogP contribution in [0.15, 0.2) is 29.7 Å². The highest BCUT2D eigenvalue weighted by Gasteiger charge is 2.32. The van der Waals surface area contributed by atoms with Gasteiger partial charge in [0.15, 0.2) is 6.10 Å². The van der Waals surface area contributed by atoms with Crippen molar-refractivity contribution in [1.82, 2.24) is 9.88 Å². The van der Waals surface area contributed by atoms with Gasteiger partial charge in [-0.15, -0.1) is 0 Å². The first-order valence-electron chi connectivity index (χ1n) is 7.25. The zero-order valence-electron chi connectivity index (χ0n) is 13.5. The fourth-order valence-corrected chi connectivity index (χ4v) is 2.16. The second-order valence-corrected chi connectivity index (χ2v) is 5.95. The monoisotopic (exact) mass is 376 g/mol. The quantitative estimate of drug-likeness (QED) is 0.773. The summed E-state index contributed by atoms with van der Waals surface area (Å²) in [4.78, 5) is 22.4. The maximum Gasteiger partial charge on any atom is 0.417 e. The Bertz CT molecular complexity index is 705. The predicted molar refractivity (Wildman–Crippen MR) is 87.5 cm³/mol. The van der Waals surface area contributed by atoms with Gasteiger partial charge in [0.2, 0.25) is 5.78 Å². The Morgan fingerprint density at radius 3 is 2.84 bits per heavy atom. The van der Waals surface area contributed by atoms with E-state index in [1.54, 1.807) is 25.2 Å². The van der Waals surface area contributed by atoms with E-state index in [1.807, 2.05) is 0 Å². The number of carbonyl (C=O) groups is 1. The minimum absolute atomic E-state index is 0.102. The third-order valence-corrected chi connectivity index (χ3v) is 3.50. The maximum absolute atomic E-state index is 12.6. The number of allylic oxidation sites excluding steroid dienone is 1. The van der Waals surface area contributed by atoms with Crippen molar-refractivity contribution in [3.63, 3.8) is 0 Å². The highest BCUT2D eigenvalue weighted by atomic mass is 35.5. The van der Waals surface area contributed by atoms with E-state index >= 15 is 0 Å². The average molecular weight is 377 g/mol. The maximum atomic E-state index is 12.6. The van der Waals surface area contributed by atoms with E-state index in [9.17, 15) is 18.0 Å². The average Bonchev–Trinajstić information content (AvgIpc) is 2.99.